The Balaban J connectivity index is 2.51. The van der Waals surface area contributed by atoms with Gasteiger partial charge in [-0.05, 0) is 12.0 Å². The Morgan fingerprint density at radius 1 is 1.33 bits per heavy atom. The molecule has 0 radical (unpaired) electrons. The van der Waals surface area contributed by atoms with Crippen LogP contribution in [0.3, 0.4) is 0 Å². The molecule has 1 unspecified atom stereocenters. The van der Waals surface area contributed by atoms with Crippen LogP contribution >= 0.6 is 11.8 Å². The maximum Gasteiger partial charge on any atom is 0.0872 e. The predicted octanol–water partition coefficient (Wildman–Crippen LogP) is 3.62. The van der Waals surface area contributed by atoms with Crippen molar-refractivity contribution in [2.24, 2.45) is 4.99 Å². The van der Waals surface area contributed by atoms with E-state index in [1.54, 1.807) is 11.8 Å². The Morgan fingerprint density at radius 3 is 2.47 bits per heavy atom. The molecule has 1 aromatic rings. The fraction of sp³-hybridized carbons (Fsp3) is 0.308. The van der Waals surface area contributed by atoms with Crippen molar-refractivity contribution < 1.29 is 0 Å². The molecule has 78 valence electrons. The van der Waals surface area contributed by atoms with E-state index >= 15 is 0 Å². The molecule has 0 saturated carbocycles. The summed E-state index contributed by atoms with van der Waals surface area (Å²) in [6.07, 6.45) is 1.04. The topological polar surface area (TPSA) is 12.4 Å². The summed E-state index contributed by atoms with van der Waals surface area (Å²) in [5.74, 6) is 0. The molecule has 1 aliphatic rings. The van der Waals surface area contributed by atoms with Crippen LogP contribution in [0.5, 0.6) is 0 Å². The van der Waals surface area contributed by atoms with Gasteiger partial charge in [0.2, 0.25) is 0 Å². The van der Waals surface area contributed by atoms with Gasteiger partial charge in [0.15, 0.2) is 0 Å². The van der Waals surface area contributed by atoms with Crippen molar-refractivity contribution in [2.45, 2.75) is 18.8 Å². The molecule has 1 fully saturated rings. The third kappa shape index (κ3) is 1.36. The molecule has 0 N–H and O–H groups in total. The van der Waals surface area contributed by atoms with Gasteiger partial charge in [-0.1, -0.05) is 55.6 Å². The standard InChI is InChI=1S/C13H15NS/c1-4-13(10(2)15-12(13)14-3)11-8-6-5-7-9-11/h5-9H,2,4H2,1,3H3. The minimum Gasteiger partial charge on any atom is -0.285 e. The van der Waals surface area contributed by atoms with Crippen molar-refractivity contribution in [2.75, 3.05) is 7.05 Å². The number of thioether (sulfide) groups is 1. The van der Waals surface area contributed by atoms with Gasteiger partial charge in [-0.15, -0.1) is 0 Å². The van der Waals surface area contributed by atoms with Crippen LogP contribution < -0.4 is 0 Å². The number of benzene rings is 1. The Kier molecular flexibility index (Phi) is 2.70. The van der Waals surface area contributed by atoms with Gasteiger partial charge in [-0.3, -0.25) is 4.99 Å². The maximum atomic E-state index is 4.36. The zero-order chi connectivity index (χ0) is 10.9. The van der Waals surface area contributed by atoms with E-state index in [1.165, 1.54) is 15.5 Å². The Bertz CT molecular complexity index is 408. The molecule has 1 aliphatic heterocycles. The molecule has 1 nitrogen and oxygen atoms in total. The summed E-state index contributed by atoms with van der Waals surface area (Å²) in [4.78, 5) is 5.58. The monoisotopic (exact) mass is 217 g/mol. The quantitative estimate of drug-likeness (QED) is 0.737. The van der Waals surface area contributed by atoms with Gasteiger partial charge in [0.05, 0.1) is 10.5 Å². The zero-order valence-electron chi connectivity index (χ0n) is 9.16. The second-order valence-corrected chi connectivity index (χ2v) is 4.76. The Hall–Kier alpha value is -1.02. The van der Waals surface area contributed by atoms with Crippen molar-refractivity contribution in [1.82, 2.24) is 0 Å². The van der Waals surface area contributed by atoms with Crippen LogP contribution in [0, 0.1) is 0 Å². The van der Waals surface area contributed by atoms with E-state index in [2.05, 4.69) is 42.8 Å². The maximum absolute atomic E-state index is 4.36. The van der Waals surface area contributed by atoms with E-state index in [9.17, 15) is 0 Å². The first-order chi connectivity index (χ1) is 7.25. The van der Waals surface area contributed by atoms with E-state index < -0.39 is 0 Å². The molecule has 1 atom stereocenters. The lowest BCUT2D eigenvalue weighted by atomic mass is 9.78. The van der Waals surface area contributed by atoms with E-state index in [0.29, 0.717) is 0 Å². The van der Waals surface area contributed by atoms with E-state index in [4.69, 9.17) is 0 Å². The van der Waals surface area contributed by atoms with Crippen LogP contribution in [0.2, 0.25) is 0 Å². The minimum absolute atomic E-state index is 0.000671. The van der Waals surface area contributed by atoms with Crippen LogP contribution in [-0.2, 0) is 5.41 Å². The van der Waals surface area contributed by atoms with Crippen LogP contribution in [0.4, 0.5) is 0 Å². The third-order valence-corrected chi connectivity index (χ3v) is 4.38. The number of allylic oxidation sites excluding steroid dienone is 1. The number of nitrogens with zero attached hydrogens (tertiary/aromatic N) is 1. The summed E-state index contributed by atoms with van der Waals surface area (Å²) >= 11 is 1.71. The lowest BCUT2D eigenvalue weighted by Crippen LogP contribution is -2.42. The first-order valence-electron chi connectivity index (χ1n) is 5.15. The molecule has 0 bridgehead atoms. The smallest absolute Gasteiger partial charge is 0.0872 e. The SMILES string of the molecule is C=C1SC(=NC)C1(CC)c1ccccc1. The number of hydrogen-bond donors (Lipinski definition) is 0. The highest BCUT2D eigenvalue weighted by Crippen LogP contribution is 2.54. The van der Waals surface area contributed by atoms with Crippen LogP contribution in [0.1, 0.15) is 18.9 Å². The van der Waals surface area contributed by atoms with E-state index in [-0.39, 0.29) is 5.41 Å². The molecule has 15 heavy (non-hydrogen) atoms. The number of aliphatic imine (C=N–C) groups is 1. The summed E-state index contributed by atoms with van der Waals surface area (Å²) in [5.41, 5.74) is 1.32. The second-order valence-electron chi connectivity index (χ2n) is 3.68. The Labute approximate surface area is 95.3 Å². The van der Waals surface area contributed by atoms with Gasteiger partial charge in [0, 0.05) is 12.0 Å². The molecule has 0 spiro atoms. The second kappa shape index (κ2) is 3.86. The summed E-state index contributed by atoms with van der Waals surface area (Å²) in [5, 5.41) is 1.20. The zero-order valence-corrected chi connectivity index (χ0v) is 9.97. The van der Waals surface area contributed by atoms with Crippen molar-refractivity contribution in [3.8, 4) is 0 Å². The minimum atomic E-state index is 0.000671. The molecular weight excluding hydrogens is 202 g/mol. The van der Waals surface area contributed by atoms with Crippen molar-refractivity contribution in [3.05, 3.63) is 47.4 Å². The molecule has 0 aliphatic carbocycles. The van der Waals surface area contributed by atoms with E-state index in [0.717, 1.165) is 6.42 Å². The molecule has 1 aromatic carbocycles. The highest BCUT2D eigenvalue weighted by Gasteiger charge is 2.48. The van der Waals surface area contributed by atoms with E-state index in [1.807, 2.05) is 13.1 Å². The average molecular weight is 217 g/mol. The van der Waals surface area contributed by atoms with Gasteiger partial charge < -0.3 is 0 Å². The summed E-state index contributed by atoms with van der Waals surface area (Å²) in [7, 11) is 1.86. The molecular formula is C13H15NS. The van der Waals surface area contributed by atoms with Crippen molar-refractivity contribution in [3.63, 3.8) is 0 Å². The molecule has 2 rings (SSSR count). The highest BCUT2D eigenvalue weighted by atomic mass is 32.2. The summed E-state index contributed by atoms with van der Waals surface area (Å²) in [6.45, 7) is 6.34. The van der Waals surface area contributed by atoms with Crippen LogP contribution in [0.25, 0.3) is 0 Å². The van der Waals surface area contributed by atoms with Gasteiger partial charge in [0.1, 0.15) is 0 Å². The fourth-order valence-corrected chi connectivity index (χ4v) is 3.42. The lowest BCUT2D eigenvalue weighted by molar-refractivity contribution is 0.671. The first kappa shape index (κ1) is 10.5. The Morgan fingerprint density at radius 2 is 2.00 bits per heavy atom. The fourth-order valence-electron chi connectivity index (χ4n) is 2.16. The molecule has 0 aromatic heterocycles. The predicted molar refractivity (Wildman–Crippen MR) is 68.5 cm³/mol. The van der Waals surface area contributed by atoms with Crippen LogP contribution in [-0.4, -0.2) is 12.1 Å². The lowest BCUT2D eigenvalue weighted by Gasteiger charge is -2.44. The first-order valence-corrected chi connectivity index (χ1v) is 5.97. The molecule has 2 heteroatoms. The summed E-state index contributed by atoms with van der Waals surface area (Å²) in [6, 6.07) is 10.5. The molecule has 1 saturated heterocycles. The third-order valence-electron chi connectivity index (χ3n) is 3.06. The molecule has 0 amide bonds. The number of rotatable bonds is 2. The van der Waals surface area contributed by atoms with Gasteiger partial charge in [-0.2, -0.15) is 0 Å². The average Bonchev–Trinajstić information content (AvgIpc) is 2.28. The van der Waals surface area contributed by atoms with Gasteiger partial charge in [-0.25, -0.2) is 0 Å². The van der Waals surface area contributed by atoms with Crippen molar-refractivity contribution >= 4 is 16.8 Å². The highest BCUT2D eigenvalue weighted by molar-refractivity contribution is 8.20. The van der Waals surface area contributed by atoms with Gasteiger partial charge >= 0.3 is 0 Å². The van der Waals surface area contributed by atoms with Crippen LogP contribution in [0.15, 0.2) is 46.8 Å². The normalized spacial score (nSPS) is 27.9. The number of hydrogen-bond acceptors (Lipinski definition) is 2. The summed E-state index contributed by atoms with van der Waals surface area (Å²) < 4.78 is 0. The van der Waals surface area contributed by atoms with Gasteiger partial charge in [0.25, 0.3) is 0 Å². The largest absolute Gasteiger partial charge is 0.285 e. The van der Waals surface area contributed by atoms with Crippen molar-refractivity contribution in [1.29, 1.82) is 0 Å². The molecule has 1 heterocycles.